The van der Waals surface area contributed by atoms with Crippen LogP contribution in [0.15, 0.2) is 205 Å². The molecular formula is C53H33N3O. The van der Waals surface area contributed by atoms with E-state index in [1.165, 1.54) is 10.8 Å². The van der Waals surface area contributed by atoms with E-state index in [1.54, 1.807) is 0 Å². The van der Waals surface area contributed by atoms with Gasteiger partial charge in [-0.15, -0.1) is 0 Å². The molecule has 2 aromatic heterocycles. The van der Waals surface area contributed by atoms with Crippen LogP contribution in [0.1, 0.15) is 0 Å². The molecule has 0 aliphatic carbocycles. The number of hydrogen-bond acceptors (Lipinski definition) is 4. The fourth-order valence-electron chi connectivity index (χ4n) is 8.16. The first kappa shape index (κ1) is 32.7. The van der Waals surface area contributed by atoms with E-state index in [1.807, 2.05) is 12.1 Å². The zero-order chi connectivity index (χ0) is 37.7. The van der Waals surface area contributed by atoms with Gasteiger partial charge in [0.25, 0.3) is 0 Å². The Kier molecular flexibility index (Phi) is 7.78. The highest BCUT2D eigenvalue weighted by molar-refractivity contribution is 6.23. The zero-order valence-corrected chi connectivity index (χ0v) is 30.8. The van der Waals surface area contributed by atoms with Crippen molar-refractivity contribution in [3.8, 4) is 67.5 Å². The maximum absolute atomic E-state index is 6.93. The highest BCUT2D eigenvalue weighted by Gasteiger charge is 2.21. The molecule has 4 nitrogen and oxygen atoms in total. The van der Waals surface area contributed by atoms with Gasteiger partial charge >= 0.3 is 0 Å². The lowest BCUT2D eigenvalue weighted by molar-refractivity contribution is 0.670. The first-order valence-corrected chi connectivity index (χ1v) is 19.2. The second-order valence-electron chi connectivity index (χ2n) is 14.3. The van der Waals surface area contributed by atoms with Crippen LogP contribution in [0.2, 0.25) is 0 Å². The maximum atomic E-state index is 6.93. The highest BCUT2D eigenvalue weighted by atomic mass is 16.3. The van der Waals surface area contributed by atoms with E-state index < -0.39 is 0 Å². The van der Waals surface area contributed by atoms with E-state index >= 15 is 0 Å². The Balaban J connectivity index is 1.11. The Hall–Kier alpha value is -7.69. The summed E-state index contributed by atoms with van der Waals surface area (Å²) >= 11 is 0. The molecule has 0 unspecified atom stereocenters. The van der Waals surface area contributed by atoms with Crippen LogP contribution in [0.25, 0.3) is 111 Å². The number of furan rings is 1. The van der Waals surface area contributed by atoms with Crippen molar-refractivity contribution in [2.45, 2.75) is 0 Å². The molecule has 0 aliphatic heterocycles. The van der Waals surface area contributed by atoms with Crippen LogP contribution in [0.5, 0.6) is 0 Å². The monoisotopic (exact) mass is 727 g/mol. The SMILES string of the molecule is c1ccc(-c2ccc(-c3nc(-c4ccc(-c5ccccc5)cc4)nc(-c4cc5oc6c(-c7cccc8ccccc78)cccc6c5c5ccccc45)n3)cc2)cc1. The first-order valence-electron chi connectivity index (χ1n) is 19.2. The second-order valence-corrected chi connectivity index (χ2v) is 14.3. The molecule has 0 N–H and O–H groups in total. The summed E-state index contributed by atoms with van der Waals surface area (Å²) in [5.41, 5.74) is 11.2. The molecule has 11 rings (SSSR count). The first-order chi connectivity index (χ1) is 28.2. The van der Waals surface area contributed by atoms with Crippen LogP contribution in [0.3, 0.4) is 0 Å². The third-order valence-corrected chi connectivity index (χ3v) is 11.0. The third-order valence-electron chi connectivity index (χ3n) is 11.0. The summed E-state index contributed by atoms with van der Waals surface area (Å²) in [6.45, 7) is 0. The largest absolute Gasteiger partial charge is 0.455 e. The normalized spacial score (nSPS) is 11.5. The minimum atomic E-state index is 0.585. The molecule has 266 valence electrons. The Morgan fingerprint density at radius 3 is 1.40 bits per heavy atom. The average molecular weight is 728 g/mol. The molecule has 0 bridgehead atoms. The van der Waals surface area contributed by atoms with Crippen molar-refractivity contribution in [3.05, 3.63) is 200 Å². The predicted octanol–water partition coefficient (Wildman–Crippen LogP) is 14.1. The van der Waals surface area contributed by atoms with Crippen molar-refractivity contribution >= 4 is 43.5 Å². The number of fused-ring (bicyclic) bond motifs is 6. The van der Waals surface area contributed by atoms with Gasteiger partial charge in [0.05, 0.1) is 0 Å². The van der Waals surface area contributed by atoms with Crippen molar-refractivity contribution in [2.75, 3.05) is 0 Å². The molecular weight excluding hydrogens is 695 g/mol. The van der Waals surface area contributed by atoms with E-state index in [0.717, 1.165) is 82.8 Å². The van der Waals surface area contributed by atoms with E-state index in [0.29, 0.717) is 17.5 Å². The number of rotatable bonds is 6. The highest BCUT2D eigenvalue weighted by Crippen LogP contribution is 2.43. The molecule has 0 atom stereocenters. The lowest BCUT2D eigenvalue weighted by Crippen LogP contribution is -2.00. The van der Waals surface area contributed by atoms with Crippen LogP contribution in [-0.4, -0.2) is 15.0 Å². The average Bonchev–Trinajstić information content (AvgIpc) is 3.68. The van der Waals surface area contributed by atoms with Crippen molar-refractivity contribution in [1.29, 1.82) is 0 Å². The van der Waals surface area contributed by atoms with E-state index in [9.17, 15) is 0 Å². The van der Waals surface area contributed by atoms with Gasteiger partial charge in [0.15, 0.2) is 17.5 Å². The minimum Gasteiger partial charge on any atom is -0.455 e. The minimum absolute atomic E-state index is 0.585. The number of para-hydroxylation sites is 1. The quantitative estimate of drug-likeness (QED) is 0.171. The lowest BCUT2D eigenvalue weighted by atomic mass is 9.95. The number of benzene rings is 9. The summed E-state index contributed by atoms with van der Waals surface area (Å²) in [5.74, 6) is 1.80. The molecule has 4 heteroatoms. The van der Waals surface area contributed by atoms with Gasteiger partial charge in [0.2, 0.25) is 0 Å². The molecule has 9 aromatic carbocycles. The molecule has 2 heterocycles. The van der Waals surface area contributed by atoms with Crippen LogP contribution in [0.4, 0.5) is 0 Å². The molecule has 0 fully saturated rings. The predicted molar refractivity (Wildman–Crippen MR) is 235 cm³/mol. The third kappa shape index (κ3) is 5.74. The summed E-state index contributed by atoms with van der Waals surface area (Å²) in [6, 6.07) is 69.8. The van der Waals surface area contributed by atoms with Gasteiger partial charge in [-0.1, -0.05) is 194 Å². The van der Waals surface area contributed by atoms with Gasteiger partial charge in [-0.05, 0) is 55.4 Å². The fraction of sp³-hybridized carbons (Fsp3) is 0. The zero-order valence-electron chi connectivity index (χ0n) is 30.8. The van der Waals surface area contributed by atoms with Gasteiger partial charge in [0, 0.05) is 33.0 Å². The Morgan fingerprint density at radius 2 is 0.754 bits per heavy atom. The van der Waals surface area contributed by atoms with Crippen LogP contribution < -0.4 is 0 Å². The fourth-order valence-corrected chi connectivity index (χ4v) is 8.16. The van der Waals surface area contributed by atoms with E-state index in [2.05, 4.69) is 188 Å². The summed E-state index contributed by atoms with van der Waals surface area (Å²) in [7, 11) is 0. The van der Waals surface area contributed by atoms with Crippen LogP contribution in [-0.2, 0) is 0 Å². The van der Waals surface area contributed by atoms with Gasteiger partial charge in [0.1, 0.15) is 11.2 Å². The molecule has 11 aromatic rings. The molecule has 0 saturated carbocycles. The molecule has 57 heavy (non-hydrogen) atoms. The molecule has 0 amide bonds. The lowest BCUT2D eigenvalue weighted by Gasteiger charge is -2.12. The van der Waals surface area contributed by atoms with Gasteiger partial charge in [-0.3, -0.25) is 0 Å². The van der Waals surface area contributed by atoms with Crippen molar-refractivity contribution in [2.24, 2.45) is 0 Å². The van der Waals surface area contributed by atoms with Crippen molar-refractivity contribution < 1.29 is 4.42 Å². The Bertz CT molecular complexity index is 3160. The van der Waals surface area contributed by atoms with Crippen LogP contribution in [0, 0.1) is 0 Å². The van der Waals surface area contributed by atoms with E-state index in [4.69, 9.17) is 19.4 Å². The van der Waals surface area contributed by atoms with Crippen molar-refractivity contribution in [3.63, 3.8) is 0 Å². The number of hydrogen-bond donors (Lipinski definition) is 0. The molecule has 0 spiro atoms. The number of aromatic nitrogens is 3. The van der Waals surface area contributed by atoms with Crippen molar-refractivity contribution in [1.82, 2.24) is 15.0 Å². The molecule has 0 saturated heterocycles. The van der Waals surface area contributed by atoms with Gasteiger partial charge in [-0.2, -0.15) is 0 Å². The summed E-state index contributed by atoms with van der Waals surface area (Å²) in [6.07, 6.45) is 0. The summed E-state index contributed by atoms with van der Waals surface area (Å²) < 4.78 is 6.93. The molecule has 0 aliphatic rings. The maximum Gasteiger partial charge on any atom is 0.164 e. The summed E-state index contributed by atoms with van der Waals surface area (Å²) in [5, 5.41) is 6.67. The Labute approximate surface area is 329 Å². The van der Waals surface area contributed by atoms with E-state index in [-0.39, 0.29) is 0 Å². The smallest absolute Gasteiger partial charge is 0.164 e. The summed E-state index contributed by atoms with van der Waals surface area (Å²) in [4.78, 5) is 15.5. The van der Waals surface area contributed by atoms with Gasteiger partial charge in [-0.25, -0.2) is 15.0 Å². The van der Waals surface area contributed by atoms with Gasteiger partial charge < -0.3 is 4.42 Å². The number of nitrogens with zero attached hydrogens (tertiary/aromatic N) is 3. The second kappa shape index (κ2) is 13.6. The van der Waals surface area contributed by atoms with Crippen LogP contribution >= 0.6 is 0 Å². The standard InChI is InChI=1S/C53H33N3O/c1-3-13-34(14-4-1)36-25-29-39(30-26-36)51-54-52(40-31-27-37(28-32-40)35-15-5-2-6-16-35)56-53(55-51)47-33-48-49(44-21-10-9-20-43(44)47)46-24-12-23-45(50(46)57-48)42-22-11-18-38-17-7-8-19-41(38)42/h1-33H. The Morgan fingerprint density at radius 1 is 0.298 bits per heavy atom. The topological polar surface area (TPSA) is 51.8 Å². The molecule has 0 radical (unpaired) electrons.